The molecule has 2 fully saturated rings. The SMILES string of the molecule is COC1CN(C2CCC([C@@H]3COc4c(F)cc(C(=O)NCc5c(SC)cc(C)[nH]c5=O)c(C)c4O3)CC2)C1. The number of nitrogens with zero attached hydrogens (tertiary/aromatic N) is 1. The first kappa shape index (κ1) is 27.0. The highest BCUT2D eigenvalue weighted by atomic mass is 32.2. The van der Waals surface area contributed by atoms with E-state index < -0.39 is 11.7 Å². The van der Waals surface area contributed by atoms with Gasteiger partial charge in [-0.05, 0) is 63.8 Å². The van der Waals surface area contributed by atoms with Gasteiger partial charge in [-0.15, -0.1) is 11.8 Å². The molecule has 2 aliphatic heterocycles. The van der Waals surface area contributed by atoms with Crippen LogP contribution in [0.2, 0.25) is 0 Å². The van der Waals surface area contributed by atoms with Crippen molar-refractivity contribution in [1.82, 2.24) is 15.2 Å². The molecule has 1 saturated carbocycles. The van der Waals surface area contributed by atoms with E-state index in [0.717, 1.165) is 49.4 Å². The fraction of sp³-hybridized carbons (Fsp3) is 0.571. The summed E-state index contributed by atoms with van der Waals surface area (Å²) < 4.78 is 32.6. The Morgan fingerprint density at radius 2 is 1.95 bits per heavy atom. The minimum absolute atomic E-state index is 0.0358. The minimum Gasteiger partial charge on any atom is -0.483 e. The molecule has 5 rings (SSSR count). The maximum atomic E-state index is 15.0. The number of thioether (sulfide) groups is 1. The molecule has 1 aliphatic carbocycles. The van der Waals surface area contributed by atoms with Gasteiger partial charge in [-0.25, -0.2) is 4.39 Å². The third-order valence-electron chi connectivity index (χ3n) is 8.21. The van der Waals surface area contributed by atoms with Crippen LogP contribution in [-0.4, -0.2) is 67.1 Å². The number of likely N-dealkylation sites (tertiary alicyclic amines) is 1. The molecule has 2 N–H and O–H groups in total. The van der Waals surface area contributed by atoms with Gasteiger partial charge in [0, 0.05) is 60.1 Å². The van der Waals surface area contributed by atoms with Crippen molar-refractivity contribution in [2.24, 2.45) is 5.92 Å². The first-order valence-corrected chi connectivity index (χ1v) is 14.5. The van der Waals surface area contributed by atoms with E-state index in [1.165, 1.54) is 17.8 Å². The van der Waals surface area contributed by atoms with Gasteiger partial charge in [0.25, 0.3) is 11.5 Å². The molecule has 8 nitrogen and oxygen atoms in total. The molecule has 10 heteroatoms. The smallest absolute Gasteiger partial charge is 0.254 e. The number of aryl methyl sites for hydroxylation is 1. The summed E-state index contributed by atoms with van der Waals surface area (Å²) >= 11 is 1.44. The van der Waals surface area contributed by atoms with Gasteiger partial charge in [0.15, 0.2) is 17.3 Å². The number of methoxy groups -OCH3 is 1. The Morgan fingerprint density at radius 1 is 1.21 bits per heavy atom. The molecule has 0 radical (unpaired) electrons. The van der Waals surface area contributed by atoms with Crippen LogP contribution in [0.25, 0.3) is 0 Å². The zero-order chi connectivity index (χ0) is 27.0. The fourth-order valence-electron chi connectivity index (χ4n) is 5.85. The van der Waals surface area contributed by atoms with Crippen molar-refractivity contribution >= 4 is 17.7 Å². The number of rotatable bonds is 7. The average Bonchev–Trinajstić information content (AvgIpc) is 2.89. The van der Waals surface area contributed by atoms with Crippen LogP contribution < -0.4 is 20.3 Å². The number of hydrogen-bond donors (Lipinski definition) is 2. The summed E-state index contributed by atoms with van der Waals surface area (Å²) in [6.45, 7) is 5.90. The molecule has 2 aromatic rings. The van der Waals surface area contributed by atoms with E-state index in [2.05, 4.69) is 15.2 Å². The molecule has 3 aliphatic rings. The van der Waals surface area contributed by atoms with Crippen molar-refractivity contribution in [3.63, 3.8) is 0 Å². The number of carbonyl (C=O) groups is 1. The summed E-state index contributed by atoms with van der Waals surface area (Å²) in [6, 6.07) is 3.64. The Hall–Kier alpha value is -2.56. The number of aromatic amines is 1. The van der Waals surface area contributed by atoms with E-state index in [-0.39, 0.29) is 29.5 Å². The number of nitrogens with one attached hydrogen (secondary N) is 2. The van der Waals surface area contributed by atoms with Gasteiger partial charge < -0.3 is 24.5 Å². The lowest BCUT2D eigenvalue weighted by Gasteiger charge is -2.46. The van der Waals surface area contributed by atoms with Crippen LogP contribution in [-0.2, 0) is 11.3 Å². The lowest BCUT2D eigenvalue weighted by molar-refractivity contribution is -0.0650. The predicted octanol–water partition coefficient (Wildman–Crippen LogP) is 3.81. The summed E-state index contributed by atoms with van der Waals surface area (Å²) in [5.74, 6) is -0.406. The van der Waals surface area contributed by atoms with Crippen molar-refractivity contribution in [1.29, 1.82) is 0 Å². The van der Waals surface area contributed by atoms with Crippen molar-refractivity contribution < 1.29 is 23.4 Å². The van der Waals surface area contributed by atoms with Gasteiger partial charge in [-0.2, -0.15) is 0 Å². The quantitative estimate of drug-likeness (QED) is 0.511. The molecule has 1 aromatic heterocycles. The number of aromatic nitrogens is 1. The summed E-state index contributed by atoms with van der Waals surface area (Å²) in [5, 5.41) is 2.78. The number of carbonyl (C=O) groups excluding carboxylic acids is 1. The van der Waals surface area contributed by atoms with Gasteiger partial charge in [-0.3, -0.25) is 14.5 Å². The summed E-state index contributed by atoms with van der Waals surface area (Å²) in [7, 11) is 1.77. The zero-order valence-electron chi connectivity index (χ0n) is 22.4. The molecule has 0 unspecified atom stereocenters. The number of ether oxygens (including phenoxy) is 3. The second-order valence-corrected chi connectivity index (χ2v) is 11.4. The van der Waals surface area contributed by atoms with Crippen molar-refractivity contribution in [2.45, 2.75) is 69.2 Å². The maximum absolute atomic E-state index is 15.0. The topological polar surface area (TPSA) is 92.9 Å². The number of hydrogen-bond acceptors (Lipinski definition) is 7. The van der Waals surface area contributed by atoms with E-state index in [1.807, 2.05) is 19.2 Å². The number of fused-ring (bicyclic) bond motifs is 1. The molecule has 1 aromatic carbocycles. The highest BCUT2D eigenvalue weighted by molar-refractivity contribution is 7.98. The number of pyridine rings is 1. The molecule has 0 spiro atoms. The molecular weight excluding hydrogens is 509 g/mol. The number of H-pyrrole nitrogens is 1. The first-order valence-electron chi connectivity index (χ1n) is 13.2. The second-order valence-electron chi connectivity index (χ2n) is 10.5. The Labute approximate surface area is 226 Å². The minimum atomic E-state index is -0.624. The van der Waals surface area contributed by atoms with Crippen LogP contribution in [0.1, 0.15) is 52.9 Å². The van der Waals surface area contributed by atoms with Crippen LogP contribution in [0.15, 0.2) is 21.8 Å². The highest BCUT2D eigenvalue weighted by Gasteiger charge is 2.39. The van der Waals surface area contributed by atoms with Crippen molar-refractivity contribution in [3.8, 4) is 11.5 Å². The summed E-state index contributed by atoms with van der Waals surface area (Å²) in [5.41, 5.74) is 1.69. The molecule has 3 heterocycles. The zero-order valence-corrected chi connectivity index (χ0v) is 23.2. The Kier molecular flexibility index (Phi) is 8.02. The van der Waals surface area contributed by atoms with Gasteiger partial charge in [0.05, 0.1) is 6.10 Å². The molecule has 1 amide bonds. The lowest BCUT2D eigenvalue weighted by Crippen LogP contribution is -2.57. The van der Waals surface area contributed by atoms with Gasteiger partial charge in [0.2, 0.25) is 0 Å². The number of halogens is 1. The standard InChI is InChI=1S/C28H36FN3O5S/c1-15-9-24(38-4)21(28(34)31-15)11-30-27(33)20-10-22(29)26-25(16(20)2)37-23(14-36-26)17-5-7-18(8-6-17)32-12-19(13-32)35-3/h9-10,17-19,23H,5-8,11-14H2,1-4H3,(H,30,33)(H,31,34)/t17?,18?,23-/m0/s1. The predicted molar refractivity (Wildman–Crippen MR) is 144 cm³/mol. The third-order valence-corrected chi connectivity index (χ3v) is 9.02. The Morgan fingerprint density at radius 3 is 2.63 bits per heavy atom. The molecule has 1 saturated heterocycles. The molecular formula is C28H36FN3O5S. The largest absolute Gasteiger partial charge is 0.483 e. The van der Waals surface area contributed by atoms with E-state index in [9.17, 15) is 9.59 Å². The van der Waals surface area contributed by atoms with E-state index in [1.54, 1.807) is 14.0 Å². The van der Waals surface area contributed by atoms with Crippen LogP contribution in [0.5, 0.6) is 11.5 Å². The molecule has 0 bridgehead atoms. The lowest BCUT2D eigenvalue weighted by atomic mass is 9.81. The van der Waals surface area contributed by atoms with E-state index in [4.69, 9.17) is 14.2 Å². The normalized spacial score (nSPS) is 23.7. The molecule has 206 valence electrons. The molecule has 38 heavy (non-hydrogen) atoms. The van der Waals surface area contributed by atoms with E-state index >= 15 is 4.39 Å². The first-order chi connectivity index (χ1) is 18.3. The number of benzene rings is 1. The summed E-state index contributed by atoms with van der Waals surface area (Å²) in [4.78, 5) is 31.6. The van der Waals surface area contributed by atoms with Crippen molar-refractivity contribution in [2.75, 3.05) is 33.1 Å². The monoisotopic (exact) mass is 545 g/mol. The molecule has 1 atom stereocenters. The van der Waals surface area contributed by atoms with Crippen LogP contribution in [0, 0.1) is 25.6 Å². The maximum Gasteiger partial charge on any atom is 0.254 e. The van der Waals surface area contributed by atoms with Crippen LogP contribution in [0.4, 0.5) is 4.39 Å². The Balaban J connectivity index is 1.26. The average molecular weight is 546 g/mol. The van der Waals surface area contributed by atoms with E-state index in [0.29, 0.717) is 41.5 Å². The third kappa shape index (κ3) is 5.31. The van der Waals surface area contributed by atoms with Gasteiger partial charge >= 0.3 is 0 Å². The number of amides is 1. The van der Waals surface area contributed by atoms with Crippen molar-refractivity contribution in [3.05, 3.63) is 50.7 Å². The highest BCUT2D eigenvalue weighted by Crippen LogP contribution is 2.42. The van der Waals surface area contributed by atoms with Gasteiger partial charge in [-0.1, -0.05) is 0 Å². The van der Waals surface area contributed by atoms with Crippen LogP contribution in [0.3, 0.4) is 0 Å². The van der Waals surface area contributed by atoms with Crippen LogP contribution >= 0.6 is 11.8 Å². The van der Waals surface area contributed by atoms with Gasteiger partial charge in [0.1, 0.15) is 12.7 Å². The Bertz CT molecular complexity index is 1250. The summed E-state index contributed by atoms with van der Waals surface area (Å²) in [6.07, 6.45) is 6.29. The fourth-order valence-corrected chi connectivity index (χ4v) is 6.56. The second kappa shape index (κ2) is 11.3.